The normalized spacial score (nSPS) is 15.4. The first-order valence-corrected chi connectivity index (χ1v) is 12.3. The molecule has 0 bridgehead atoms. The Morgan fingerprint density at radius 2 is 1.89 bits per heavy atom. The van der Waals surface area contributed by atoms with Gasteiger partial charge in [0.1, 0.15) is 17.5 Å². The Bertz CT molecular complexity index is 1440. The summed E-state index contributed by atoms with van der Waals surface area (Å²) in [5, 5.41) is 0. The topological polar surface area (TPSA) is 79.1 Å². The molecule has 0 amide bonds. The molecule has 0 radical (unpaired) electrons. The summed E-state index contributed by atoms with van der Waals surface area (Å²) in [5.74, 6) is 0.629. The monoisotopic (exact) mass is 492 g/mol. The summed E-state index contributed by atoms with van der Waals surface area (Å²) in [4.78, 5) is 32.4. The van der Waals surface area contributed by atoms with Gasteiger partial charge in [0.15, 0.2) is 4.80 Å². The van der Waals surface area contributed by atoms with E-state index in [0.717, 1.165) is 12.0 Å². The van der Waals surface area contributed by atoms with Gasteiger partial charge in [0.05, 0.1) is 36.6 Å². The molecule has 0 fully saturated rings. The highest BCUT2D eigenvalue weighted by atomic mass is 32.1. The number of carbonyl (C=O) groups excluding carboxylic acids is 1. The van der Waals surface area contributed by atoms with Gasteiger partial charge in [-0.05, 0) is 43.2 Å². The minimum atomic E-state index is -0.769. The highest BCUT2D eigenvalue weighted by Gasteiger charge is 2.36. The Morgan fingerprint density at radius 3 is 2.54 bits per heavy atom. The van der Waals surface area contributed by atoms with Gasteiger partial charge in [-0.3, -0.25) is 9.36 Å². The molecule has 182 valence electrons. The molecule has 0 unspecified atom stereocenters. The van der Waals surface area contributed by atoms with Crippen molar-refractivity contribution in [2.45, 2.75) is 32.7 Å². The highest BCUT2D eigenvalue weighted by Crippen LogP contribution is 2.38. The van der Waals surface area contributed by atoms with Crippen LogP contribution in [0.2, 0.25) is 0 Å². The molecule has 0 saturated carbocycles. The number of benzene rings is 2. The van der Waals surface area contributed by atoms with Gasteiger partial charge in [-0.2, -0.15) is 0 Å². The Labute approximate surface area is 207 Å². The van der Waals surface area contributed by atoms with Crippen molar-refractivity contribution in [3.05, 3.63) is 90.6 Å². The van der Waals surface area contributed by atoms with Gasteiger partial charge < -0.3 is 14.2 Å². The molecule has 8 heteroatoms. The molecular formula is C27H28N2O5S. The van der Waals surface area contributed by atoms with E-state index >= 15 is 0 Å². The molecule has 1 aliphatic rings. The molecule has 0 saturated heterocycles. The van der Waals surface area contributed by atoms with E-state index in [1.165, 1.54) is 11.3 Å². The molecular weight excluding hydrogens is 464 g/mol. The molecule has 0 aliphatic carbocycles. The third-order valence-electron chi connectivity index (χ3n) is 5.72. The van der Waals surface area contributed by atoms with Crippen molar-refractivity contribution in [2.75, 3.05) is 20.8 Å². The van der Waals surface area contributed by atoms with Gasteiger partial charge in [-0.15, -0.1) is 0 Å². The van der Waals surface area contributed by atoms with Crippen molar-refractivity contribution in [1.82, 2.24) is 4.57 Å². The molecule has 35 heavy (non-hydrogen) atoms. The molecule has 2 aromatic carbocycles. The number of hydrogen-bond acceptors (Lipinski definition) is 7. The van der Waals surface area contributed by atoms with Gasteiger partial charge in [0.2, 0.25) is 0 Å². The van der Waals surface area contributed by atoms with Crippen LogP contribution in [-0.4, -0.2) is 31.4 Å². The first kappa shape index (κ1) is 24.5. The number of thiazole rings is 1. The van der Waals surface area contributed by atoms with Crippen LogP contribution in [0.25, 0.3) is 6.08 Å². The van der Waals surface area contributed by atoms with Crippen LogP contribution < -0.4 is 24.4 Å². The number of ether oxygens (including phenoxy) is 3. The number of hydrogen-bond donors (Lipinski definition) is 0. The van der Waals surface area contributed by atoms with E-state index in [-0.39, 0.29) is 12.2 Å². The molecule has 0 spiro atoms. The fourth-order valence-corrected chi connectivity index (χ4v) is 5.19. The zero-order valence-electron chi connectivity index (χ0n) is 20.2. The van der Waals surface area contributed by atoms with Gasteiger partial charge in [0, 0.05) is 5.56 Å². The average Bonchev–Trinajstić information content (AvgIpc) is 3.18. The van der Waals surface area contributed by atoms with E-state index in [2.05, 4.69) is 0 Å². The van der Waals surface area contributed by atoms with E-state index in [1.807, 2.05) is 43.3 Å². The van der Waals surface area contributed by atoms with E-state index in [0.29, 0.717) is 44.1 Å². The third kappa shape index (κ3) is 4.79. The van der Waals surface area contributed by atoms with Crippen LogP contribution in [0.1, 0.15) is 43.9 Å². The molecule has 1 atom stereocenters. The lowest BCUT2D eigenvalue weighted by atomic mass is 9.93. The number of carbonyl (C=O) groups is 1. The molecule has 4 rings (SSSR count). The lowest BCUT2D eigenvalue weighted by Crippen LogP contribution is -2.40. The Kier molecular flexibility index (Phi) is 7.51. The van der Waals surface area contributed by atoms with E-state index in [4.69, 9.17) is 19.2 Å². The number of rotatable bonds is 8. The zero-order valence-corrected chi connectivity index (χ0v) is 21.1. The van der Waals surface area contributed by atoms with E-state index in [9.17, 15) is 9.59 Å². The van der Waals surface area contributed by atoms with Gasteiger partial charge in [0.25, 0.3) is 5.56 Å². The van der Waals surface area contributed by atoms with Crippen molar-refractivity contribution in [3.8, 4) is 11.5 Å². The summed E-state index contributed by atoms with van der Waals surface area (Å²) >= 11 is 1.31. The quantitative estimate of drug-likeness (QED) is 0.449. The number of fused-ring (bicyclic) bond motifs is 1. The van der Waals surface area contributed by atoms with Crippen molar-refractivity contribution < 1.29 is 19.0 Å². The van der Waals surface area contributed by atoms with Crippen LogP contribution in [0.4, 0.5) is 0 Å². The standard InChI is InChI=1S/C27H28N2O5S/c1-5-10-20-23(26(31)34-6-2)24(19-16-18(32-3)13-14-21(19)33-4)29-25(30)22(35-27(29)28-20)15-17-11-8-7-9-12-17/h7-9,11-16,24H,5-6,10H2,1-4H3/b22-15-/t24-/m1/s1. The SMILES string of the molecule is CCCC1=C(C(=O)OCC)[C@@H](c2cc(OC)ccc2OC)n2c(s/c(=C\c3ccccc3)c2=O)=N1. The second kappa shape index (κ2) is 10.7. The second-order valence-corrected chi connectivity index (χ2v) is 8.94. The predicted octanol–water partition coefficient (Wildman–Crippen LogP) is 3.60. The average molecular weight is 493 g/mol. The van der Waals surface area contributed by atoms with Crippen molar-refractivity contribution in [3.63, 3.8) is 0 Å². The smallest absolute Gasteiger partial charge is 0.338 e. The molecule has 0 N–H and O–H groups in total. The van der Waals surface area contributed by atoms with Gasteiger partial charge >= 0.3 is 5.97 Å². The van der Waals surface area contributed by atoms with Crippen molar-refractivity contribution in [1.29, 1.82) is 0 Å². The number of esters is 1. The second-order valence-electron chi connectivity index (χ2n) is 7.93. The number of aromatic nitrogens is 1. The minimum Gasteiger partial charge on any atom is -0.497 e. The minimum absolute atomic E-state index is 0.210. The summed E-state index contributed by atoms with van der Waals surface area (Å²) in [6.07, 6.45) is 3.19. The summed E-state index contributed by atoms with van der Waals surface area (Å²) in [6, 6.07) is 14.2. The van der Waals surface area contributed by atoms with Crippen LogP contribution in [-0.2, 0) is 9.53 Å². The first-order chi connectivity index (χ1) is 17.0. The number of nitrogens with zero attached hydrogens (tertiary/aromatic N) is 2. The lowest BCUT2D eigenvalue weighted by molar-refractivity contribution is -0.139. The maximum Gasteiger partial charge on any atom is 0.338 e. The summed E-state index contributed by atoms with van der Waals surface area (Å²) in [5.41, 5.74) is 2.27. The molecule has 3 aromatic rings. The predicted molar refractivity (Wildman–Crippen MR) is 136 cm³/mol. The van der Waals surface area contributed by atoms with Crippen LogP contribution in [0.15, 0.2) is 69.6 Å². The fraction of sp³-hybridized carbons (Fsp3) is 0.296. The molecule has 7 nitrogen and oxygen atoms in total. The van der Waals surface area contributed by atoms with Crippen molar-refractivity contribution >= 4 is 23.4 Å². The summed E-state index contributed by atoms with van der Waals surface area (Å²) < 4.78 is 18.7. The Balaban J connectivity index is 2.06. The Hall–Kier alpha value is -3.65. The zero-order chi connectivity index (χ0) is 24.9. The van der Waals surface area contributed by atoms with Gasteiger partial charge in [-0.25, -0.2) is 9.79 Å². The van der Waals surface area contributed by atoms with E-state index < -0.39 is 12.0 Å². The maximum atomic E-state index is 13.8. The molecule has 2 heterocycles. The largest absolute Gasteiger partial charge is 0.497 e. The van der Waals surface area contributed by atoms with E-state index in [1.54, 1.807) is 43.9 Å². The molecule has 1 aliphatic heterocycles. The van der Waals surface area contributed by atoms with Gasteiger partial charge in [-0.1, -0.05) is 55.0 Å². The molecule has 1 aromatic heterocycles. The van der Waals surface area contributed by atoms with Crippen LogP contribution in [0.5, 0.6) is 11.5 Å². The number of allylic oxidation sites excluding steroid dienone is 1. The fourth-order valence-electron chi connectivity index (χ4n) is 4.17. The third-order valence-corrected chi connectivity index (χ3v) is 6.70. The summed E-state index contributed by atoms with van der Waals surface area (Å²) in [7, 11) is 3.13. The van der Waals surface area contributed by atoms with Crippen molar-refractivity contribution in [2.24, 2.45) is 4.99 Å². The lowest BCUT2D eigenvalue weighted by Gasteiger charge is -2.27. The van der Waals surface area contributed by atoms with Crippen LogP contribution in [0.3, 0.4) is 0 Å². The highest BCUT2D eigenvalue weighted by molar-refractivity contribution is 7.07. The number of methoxy groups -OCH3 is 2. The van der Waals surface area contributed by atoms with Crippen LogP contribution in [0, 0.1) is 0 Å². The van der Waals surface area contributed by atoms with Crippen LogP contribution >= 0.6 is 11.3 Å². The first-order valence-electron chi connectivity index (χ1n) is 11.5. The maximum absolute atomic E-state index is 13.8. The summed E-state index contributed by atoms with van der Waals surface area (Å²) in [6.45, 7) is 3.99. The Morgan fingerprint density at radius 1 is 1.11 bits per heavy atom.